The van der Waals surface area contributed by atoms with Gasteiger partial charge in [0.2, 0.25) is 5.91 Å². The number of carbonyl (C=O) groups excluding carboxylic acids is 1. The summed E-state index contributed by atoms with van der Waals surface area (Å²) in [5.74, 6) is 0.331. The third-order valence-corrected chi connectivity index (χ3v) is 4.21. The van der Waals surface area contributed by atoms with Crippen molar-refractivity contribution >= 4 is 16.7 Å². The number of rotatable bonds is 8. The summed E-state index contributed by atoms with van der Waals surface area (Å²) in [7, 11) is 1.65. The second kappa shape index (κ2) is 8.54. The number of fused-ring (bicyclic) bond motifs is 1. The summed E-state index contributed by atoms with van der Waals surface area (Å²) >= 11 is 0. The fourth-order valence-electron chi connectivity index (χ4n) is 2.88. The third-order valence-electron chi connectivity index (χ3n) is 4.21. The van der Waals surface area contributed by atoms with Gasteiger partial charge in [-0.3, -0.25) is 9.59 Å². The predicted molar refractivity (Wildman–Crippen MR) is 99.1 cm³/mol. The monoisotopic (exact) mass is 370 g/mol. The minimum atomic E-state index is -0.348. The minimum absolute atomic E-state index is 0.161. The van der Waals surface area contributed by atoms with E-state index in [1.165, 1.54) is 0 Å². The highest BCUT2D eigenvalue weighted by Gasteiger charge is 2.17. The molecule has 0 saturated heterocycles. The second-order valence-electron chi connectivity index (χ2n) is 6.21. The molecule has 0 bridgehead atoms. The Morgan fingerprint density at radius 2 is 2.15 bits per heavy atom. The maximum absolute atomic E-state index is 12.5. The van der Waals surface area contributed by atoms with Gasteiger partial charge in [-0.05, 0) is 19.4 Å². The molecule has 1 aromatic carbocycles. The van der Waals surface area contributed by atoms with Crippen molar-refractivity contribution in [3.63, 3.8) is 0 Å². The van der Waals surface area contributed by atoms with Crippen molar-refractivity contribution in [2.75, 3.05) is 13.7 Å². The van der Waals surface area contributed by atoms with Gasteiger partial charge >= 0.3 is 0 Å². The number of amides is 1. The van der Waals surface area contributed by atoms with Crippen LogP contribution in [0.25, 0.3) is 10.8 Å². The molecule has 1 amide bonds. The molecule has 142 valence electrons. The van der Waals surface area contributed by atoms with Crippen LogP contribution in [0.4, 0.5) is 0 Å². The summed E-state index contributed by atoms with van der Waals surface area (Å²) in [6.07, 6.45) is 4.03. The van der Waals surface area contributed by atoms with Crippen LogP contribution in [0.3, 0.4) is 0 Å². The first-order valence-electron chi connectivity index (χ1n) is 8.71. The van der Waals surface area contributed by atoms with Gasteiger partial charge in [-0.1, -0.05) is 18.2 Å². The molecule has 3 rings (SSSR count). The summed E-state index contributed by atoms with van der Waals surface area (Å²) in [4.78, 5) is 24.9. The third kappa shape index (κ3) is 4.37. The Hall–Kier alpha value is -3.07. The van der Waals surface area contributed by atoms with Crippen molar-refractivity contribution in [1.29, 1.82) is 0 Å². The number of benzene rings is 1. The quantitative estimate of drug-likeness (QED) is 0.591. The molecule has 0 radical (unpaired) electrons. The lowest BCUT2D eigenvalue weighted by Gasteiger charge is -2.15. The van der Waals surface area contributed by atoms with Gasteiger partial charge in [0.05, 0.1) is 17.6 Å². The lowest BCUT2D eigenvalue weighted by atomic mass is 10.2. The average Bonchev–Trinajstić information content (AvgIpc) is 3.13. The Balaban J connectivity index is 1.67. The van der Waals surface area contributed by atoms with Gasteiger partial charge in [-0.15, -0.1) is 10.2 Å². The van der Waals surface area contributed by atoms with Crippen molar-refractivity contribution in [2.24, 2.45) is 0 Å². The highest BCUT2D eigenvalue weighted by Crippen LogP contribution is 2.10. The Bertz CT molecular complexity index is 980. The van der Waals surface area contributed by atoms with E-state index in [2.05, 4.69) is 20.6 Å². The van der Waals surface area contributed by atoms with Gasteiger partial charge in [-0.2, -0.15) is 5.10 Å². The number of aromatic nitrogens is 5. The van der Waals surface area contributed by atoms with Gasteiger partial charge in [0.1, 0.15) is 12.9 Å². The van der Waals surface area contributed by atoms with Crippen LogP contribution in [0.5, 0.6) is 0 Å². The molecule has 2 aromatic heterocycles. The molecule has 3 aromatic rings. The molecule has 1 atom stereocenters. The van der Waals surface area contributed by atoms with E-state index >= 15 is 0 Å². The molecular formula is C18H22N6O3. The maximum atomic E-state index is 12.5. The number of methoxy groups -OCH3 is 1. The predicted octanol–water partition coefficient (Wildman–Crippen LogP) is 0.902. The minimum Gasteiger partial charge on any atom is -0.385 e. The smallest absolute Gasteiger partial charge is 0.275 e. The lowest BCUT2D eigenvalue weighted by Crippen LogP contribution is -2.35. The van der Waals surface area contributed by atoms with Crippen molar-refractivity contribution < 1.29 is 9.53 Å². The normalized spacial score (nSPS) is 12.2. The van der Waals surface area contributed by atoms with Crippen LogP contribution in [0, 0.1) is 0 Å². The summed E-state index contributed by atoms with van der Waals surface area (Å²) in [6.45, 7) is 2.99. The number of ether oxygens (including phenoxy) is 1. The van der Waals surface area contributed by atoms with E-state index in [0.717, 1.165) is 16.5 Å². The zero-order valence-corrected chi connectivity index (χ0v) is 15.3. The van der Waals surface area contributed by atoms with E-state index in [1.807, 2.05) is 23.6 Å². The summed E-state index contributed by atoms with van der Waals surface area (Å²) in [5.41, 5.74) is -0.293. The Kier molecular flexibility index (Phi) is 5.92. The highest BCUT2D eigenvalue weighted by molar-refractivity contribution is 5.81. The first-order chi connectivity index (χ1) is 13.1. The van der Waals surface area contributed by atoms with E-state index in [0.29, 0.717) is 24.4 Å². The van der Waals surface area contributed by atoms with Crippen LogP contribution in [0.15, 0.2) is 41.6 Å². The van der Waals surface area contributed by atoms with Crippen molar-refractivity contribution in [3.05, 3.63) is 53.0 Å². The van der Waals surface area contributed by atoms with E-state index in [4.69, 9.17) is 4.74 Å². The van der Waals surface area contributed by atoms with Crippen molar-refractivity contribution in [1.82, 2.24) is 29.9 Å². The van der Waals surface area contributed by atoms with Crippen molar-refractivity contribution in [2.45, 2.75) is 32.5 Å². The molecule has 0 spiro atoms. The fourth-order valence-corrected chi connectivity index (χ4v) is 2.88. The Morgan fingerprint density at radius 1 is 1.33 bits per heavy atom. The lowest BCUT2D eigenvalue weighted by molar-refractivity contribution is -0.122. The molecule has 0 saturated carbocycles. The van der Waals surface area contributed by atoms with Crippen LogP contribution in [0.2, 0.25) is 0 Å². The zero-order valence-electron chi connectivity index (χ0n) is 15.3. The average molecular weight is 370 g/mol. The number of nitrogens with zero attached hydrogens (tertiary/aromatic N) is 5. The number of hydrogen-bond donors (Lipinski definition) is 1. The topological polar surface area (TPSA) is 104 Å². The Morgan fingerprint density at radius 3 is 2.96 bits per heavy atom. The maximum Gasteiger partial charge on any atom is 0.275 e. The zero-order chi connectivity index (χ0) is 19.2. The number of aryl methyl sites for hydroxylation is 1. The summed E-state index contributed by atoms with van der Waals surface area (Å²) in [5, 5.41) is 16.2. The van der Waals surface area contributed by atoms with Crippen molar-refractivity contribution in [3.8, 4) is 0 Å². The van der Waals surface area contributed by atoms with E-state index in [9.17, 15) is 9.59 Å². The van der Waals surface area contributed by atoms with E-state index in [1.54, 1.807) is 31.8 Å². The number of carbonyl (C=O) groups is 1. The summed E-state index contributed by atoms with van der Waals surface area (Å²) in [6, 6.07) is 6.81. The molecule has 0 aliphatic heterocycles. The molecule has 9 nitrogen and oxygen atoms in total. The molecule has 0 aliphatic rings. The van der Waals surface area contributed by atoms with Crippen LogP contribution in [-0.4, -0.2) is 44.2 Å². The molecular weight excluding hydrogens is 348 g/mol. The van der Waals surface area contributed by atoms with Gasteiger partial charge in [-0.25, -0.2) is 4.68 Å². The van der Waals surface area contributed by atoms with Gasteiger partial charge in [0, 0.05) is 25.6 Å². The molecule has 9 heteroatoms. The van der Waals surface area contributed by atoms with Crippen LogP contribution in [-0.2, 0) is 22.6 Å². The standard InChI is InChI=1S/C18H22N6O3/c1-13(17-22-19-12-23(17)8-5-9-27-2)21-16(25)11-24-18(26)15-7-4-3-6-14(15)10-20-24/h3-4,6-7,10,12-13H,5,8-9,11H2,1-2H3,(H,21,25)/t13-/m0/s1. The fraction of sp³-hybridized carbons (Fsp3) is 0.389. The molecule has 2 heterocycles. The number of nitrogens with one attached hydrogen (secondary N) is 1. The Labute approximate surface area is 156 Å². The highest BCUT2D eigenvalue weighted by atomic mass is 16.5. The molecule has 0 aliphatic carbocycles. The van der Waals surface area contributed by atoms with Gasteiger partial charge < -0.3 is 14.6 Å². The van der Waals surface area contributed by atoms with E-state index < -0.39 is 0 Å². The largest absolute Gasteiger partial charge is 0.385 e. The summed E-state index contributed by atoms with van der Waals surface area (Å²) < 4.78 is 8.09. The van der Waals surface area contributed by atoms with Crippen LogP contribution < -0.4 is 10.9 Å². The van der Waals surface area contributed by atoms with Crippen LogP contribution in [0.1, 0.15) is 25.2 Å². The first kappa shape index (κ1) is 18.7. The SMILES string of the molecule is COCCCn1cnnc1[C@H](C)NC(=O)Cn1ncc2ccccc2c1=O. The van der Waals surface area contributed by atoms with Gasteiger partial charge in [0.25, 0.3) is 5.56 Å². The van der Waals surface area contributed by atoms with E-state index in [-0.39, 0.29) is 24.1 Å². The molecule has 0 fully saturated rings. The second-order valence-corrected chi connectivity index (χ2v) is 6.21. The molecule has 1 N–H and O–H groups in total. The number of hydrogen-bond acceptors (Lipinski definition) is 6. The van der Waals surface area contributed by atoms with Crippen LogP contribution >= 0.6 is 0 Å². The first-order valence-corrected chi connectivity index (χ1v) is 8.71. The molecule has 0 unspecified atom stereocenters. The molecule has 27 heavy (non-hydrogen) atoms. The van der Waals surface area contributed by atoms with Gasteiger partial charge in [0.15, 0.2) is 5.82 Å².